The molecule has 0 bridgehead atoms. The SMILES string of the molecule is CC(C)n1cc(CN)c2cc(C(=O)O)ccc21. The number of carboxylic acid groups (broad SMARTS) is 1. The predicted molar refractivity (Wildman–Crippen MR) is 67.2 cm³/mol. The topological polar surface area (TPSA) is 68.2 Å². The zero-order valence-electron chi connectivity index (χ0n) is 9.97. The number of carboxylic acids is 1. The van der Waals surface area contributed by atoms with Crippen molar-refractivity contribution in [1.82, 2.24) is 4.57 Å². The summed E-state index contributed by atoms with van der Waals surface area (Å²) < 4.78 is 2.11. The largest absolute Gasteiger partial charge is 0.478 e. The minimum atomic E-state index is -0.910. The van der Waals surface area contributed by atoms with E-state index in [9.17, 15) is 4.79 Å². The Labute approximate surface area is 99.7 Å². The predicted octanol–water partition coefficient (Wildman–Crippen LogP) is 2.38. The Balaban J connectivity index is 2.72. The number of nitrogens with zero attached hydrogens (tertiary/aromatic N) is 1. The van der Waals surface area contributed by atoms with Crippen LogP contribution in [0, 0.1) is 0 Å². The van der Waals surface area contributed by atoms with Crippen molar-refractivity contribution in [3.05, 3.63) is 35.5 Å². The summed E-state index contributed by atoms with van der Waals surface area (Å²) in [6.07, 6.45) is 2.00. The van der Waals surface area contributed by atoms with Crippen LogP contribution in [-0.4, -0.2) is 15.6 Å². The van der Waals surface area contributed by atoms with Gasteiger partial charge >= 0.3 is 5.97 Å². The van der Waals surface area contributed by atoms with E-state index in [0.717, 1.165) is 16.5 Å². The van der Waals surface area contributed by atoms with Gasteiger partial charge in [-0.2, -0.15) is 0 Å². The molecule has 3 N–H and O–H groups in total. The molecule has 4 heteroatoms. The quantitative estimate of drug-likeness (QED) is 0.853. The Bertz CT molecular complexity index is 570. The van der Waals surface area contributed by atoms with Crippen molar-refractivity contribution >= 4 is 16.9 Å². The first kappa shape index (κ1) is 11.7. The lowest BCUT2D eigenvalue weighted by Crippen LogP contribution is -1.99. The van der Waals surface area contributed by atoms with Crippen LogP contribution in [-0.2, 0) is 6.54 Å². The molecule has 1 heterocycles. The fourth-order valence-corrected chi connectivity index (χ4v) is 2.05. The van der Waals surface area contributed by atoms with Crippen LogP contribution in [0.2, 0.25) is 0 Å². The first-order valence-electron chi connectivity index (χ1n) is 5.61. The number of aromatic carboxylic acids is 1. The van der Waals surface area contributed by atoms with E-state index in [0.29, 0.717) is 18.2 Å². The molecule has 4 nitrogen and oxygen atoms in total. The fraction of sp³-hybridized carbons (Fsp3) is 0.308. The lowest BCUT2D eigenvalue weighted by atomic mass is 10.1. The molecule has 1 aromatic carbocycles. The van der Waals surface area contributed by atoms with E-state index in [1.165, 1.54) is 0 Å². The zero-order chi connectivity index (χ0) is 12.6. The summed E-state index contributed by atoms with van der Waals surface area (Å²) in [5, 5.41) is 9.92. The molecule has 0 atom stereocenters. The Hall–Kier alpha value is -1.81. The molecule has 0 saturated carbocycles. The molecule has 2 aromatic rings. The van der Waals surface area contributed by atoms with E-state index in [-0.39, 0.29) is 0 Å². The second-order valence-electron chi connectivity index (χ2n) is 4.40. The molecule has 0 unspecified atom stereocenters. The van der Waals surface area contributed by atoms with Gasteiger partial charge in [0.25, 0.3) is 0 Å². The standard InChI is InChI=1S/C13H16N2O2/c1-8(2)15-7-10(6-14)11-5-9(13(16)17)3-4-12(11)15/h3-5,7-8H,6,14H2,1-2H3,(H,16,17). The summed E-state index contributed by atoms with van der Waals surface area (Å²) in [6.45, 7) is 4.59. The maximum Gasteiger partial charge on any atom is 0.335 e. The van der Waals surface area contributed by atoms with Gasteiger partial charge < -0.3 is 15.4 Å². The molecule has 0 fully saturated rings. The van der Waals surface area contributed by atoms with Gasteiger partial charge in [-0.1, -0.05) is 0 Å². The van der Waals surface area contributed by atoms with E-state index >= 15 is 0 Å². The van der Waals surface area contributed by atoms with Crippen LogP contribution in [0.15, 0.2) is 24.4 Å². The number of benzene rings is 1. The van der Waals surface area contributed by atoms with Gasteiger partial charge in [0.05, 0.1) is 5.56 Å². The van der Waals surface area contributed by atoms with Gasteiger partial charge in [-0.3, -0.25) is 0 Å². The molecule has 90 valence electrons. The summed E-state index contributed by atoms with van der Waals surface area (Å²) in [5.74, 6) is -0.910. The number of hydrogen-bond donors (Lipinski definition) is 2. The molecule has 1 aromatic heterocycles. The second kappa shape index (κ2) is 4.22. The molecular formula is C13H16N2O2. The average molecular weight is 232 g/mol. The number of rotatable bonds is 3. The molecule has 0 aliphatic rings. The van der Waals surface area contributed by atoms with Crippen molar-refractivity contribution < 1.29 is 9.90 Å². The molecule has 0 radical (unpaired) electrons. The van der Waals surface area contributed by atoms with Crippen LogP contribution in [0.5, 0.6) is 0 Å². The summed E-state index contributed by atoms with van der Waals surface area (Å²) in [7, 11) is 0. The second-order valence-corrected chi connectivity index (χ2v) is 4.40. The molecule has 17 heavy (non-hydrogen) atoms. The molecule has 0 amide bonds. The van der Waals surface area contributed by atoms with E-state index < -0.39 is 5.97 Å². The van der Waals surface area contributed by atoms with Crippen molar-refractivity contribution in [1.29, 1.82) is 0 Å². The maximum absolute atomic E-state index is 10.9. The fourth-order valence-electron chi connectivity index (χ4n) is 2.05. The number of nitrogens with two attached hydrogens (primary N) is 1. The summed E-state index contributed by atoms with van der Waals surface area (Å²) >= 11 is 0. The molecule has 0 aliphatic carbocycles. The van der Waals surface area contributed by atoms with Gasteiger partial charge in [0.1, 0.15) is 0 Å². The number of fused-ring (bicyclic) bond motifs is 1. The lowest BCUT2D eigenvalue weighted by molar-refractivity contribution is 0.0697. The van der Waals surface area contributed by atoms with Crippen molar-refractivity contribution in [2.75, 3.05) is 0 Å². The minimum absolute atomic E-state index is 0.300. The van der Waals surface area contributed by atoms with E-state index in [2.05, 4.69) is 18.4 Å². The average Bonchev–Trinajstić information content (AvgIpc) is 2.66. The van der Waals surface area contributed by atoms with E-state index in [1.54, 1.807) is 12.1 Å². The smallest absolute Gasteiger partial charge is 0.335 e. The van der Waals surface area contributed by atoms with Gasteiger partial charge in [0.2, 0.25) is 0 Å². The first-order valence-corrected chi connectivity index (χ1v) is 5.61. The maximum atomic E-state index is 10.9. The normalized spacial score (nSPS) is 11.3. The lowest BCUT2D eigenvalue weighted by Gasteiger charge is -2.08. The summed E-state index contributed by atoms with van der Waals surface area (Å²) in [5.41, 5.74) is 8.01. The monoisotopic (exact) mass is 232 g/mol. The first-order chi connectivity index (χ1) is 8.04. The third-order valence-electron chi connectivity index (χ3n) is 2.94. The Morgan fingerprint density at radius 3 is 2.71 bits per heavy atom. The molecule has 2 rings (SSSR count). The van der Waals surface area contributed by atoms with Crippen molar-refractivity contribution in [2.24, 2.45) is 5.73 Å². The Kier molecular flexibility index (Phi) is 2.90. The van der Waals surface area contributed by atoms with Crippen LogP contribution in [0.25, 0.3) is 10.9 Å². The zero-order valence-corrected chi connectivity index (χ0v) is 9.97. The minimum Gasteiger partial charge on any atom is -0.478 e. The van der Waals surface area contributed by atoms with Gasteiger partial charge in [0, 0.05) is 29.7 Å². The van der Waals surface area contributed by atoms with E-state index in [4.69, 9.17) is 10.8 Å². The highest BCUT2D eigenvalue weighted by atomic mass is 16.4. The molecular weight excluding hydrogens is 216 g/mol. The number of carbonyl (C=O) groups is 1. The van der Waals surface area contributed by atoms with Gasteiger partial charge in [-0.15, -0.1) is 0 Å². The van der Waals surface area contributed by atoms with Crippen molar-refractivity contribution in [2.45, 2.75) is 26.4 Å². The molecule has 0 saturated heterocycles. The molecule has 0 aliphatic heterocycles. The summed E-state index contributed by atoms with van der Waals surface area (Å²) in [6, 6.07) is 5.49. The highest BCUT2D eigenvalue weighted by molar-refractivity contribution is 5.95. The third-order valence-corrected chi connectivity index (χ3v) is 2.94. The molecule has 0 spiro atoms. The highest BCUT2D eigenvalue weighted by Crippen LogP contribution is 2.25. The third kappa shape index (κ3) is 1.91. The number of aromatic nitrogens is 1. The Morgan fingerprint density at radius 1 is 1.47 bits per heavy atom. The van der Waals surface area contributed by atoms with Gasteiger partial charge in [-0.05, 0) is 37.6 Å². The van der Waals surface area contributed by atoms with E-state index in [1.807, 2.05) is 12.3 Å². The highest BCUT2D eigenvalue weighted by Gasteiger charge is 2.12. The van der Waals surface area contributed by atoms with Crippen LogP contribution >= 0.6 is 0 Å². The van der Waals surface area contributed by atoms with Crippen molar-refractivity contribution in [3.8, 4) is 0 Å². The van der Waals surface area contributed by atoms with Gasteiger partial charge in [0.15, 0.2) is 0 Å². The number of hydrogen-bond acceptors (Lipinski definition) is 2. The van der Waals surface area contributed by atoms with Crippen LogP contribution < -0.4 is 5.73 Å². The summed E-state index contributed by atoms with van der Waals surface area (Å²) in [4.78, 5) is 10.9. The van der Waals surface area contributed by atoms with Crippen LogP contribution in [0.4, 0.5) is 0 Å². The van der Waals surface area contributed by atoms with Crippen molar-refractivity contribution in [3.63, 3.8) is 0 Å². The Morgan fingerprint density at radius 2 is 2.18 bits per heavy atom. The van der Waals surface area contributed by atoms with Crippen LogP contribution in [0.3, 0.4) is 0 Å². The van der Waals surface area contributed by atoms with Gasteiger partial charge in [-0.25, -0.2) is 4.79 Å². The van der Waals surface area contributed by atoms with Crippen LogP contribution in [0.1, 0.15) is 35.8 Å².